The van der Waals surface area contributed by atoms with Crippen LogP contribution in [0.3, 0.4) is 0 Å². The van der Waals surface area contributed by atoms with Crippen molar-refractivity contribution in [3.8, 4) is 0 Å². The number of nitrogens with one attached hydrogen (secondary N) is 1. The standard InChI is InChI=1S/C13H19N3O2S/c1-9(8-19-2)15-13(17)11(12(14)16-18)10-6-4-3-5-7-10/h3-7,9,11,18H,8H2,1-2H3,(H2,14,16)(H,15,17). The first-order valence-electron chi connectivity index (χ1n) is 5.91. The fourth-order valence-corrected chi connectivity index (χ4v) is 2.36. The Morgan fingerprint density at radius 3 is 2.63 bits per heavy atom. The van der Waals surface area contributed by atoms with Crippen LogP contribution in [0.2, 0.25) is 0 Å². The summed E-state index contributed by atoms with van der Waals surface area (Å²) in [5, 5.41) is 14.7. The zero-order valence-electron chi connectivity index (χ0n) is 11.0. The fourth-order valence-electron chi connectivity index (χ4n) is 1.78. The Hall–Kier alpha value is -1.69. The van der Waals surface area contributed by atoms with Crippen LogP contribution in [-0.2, 0) is 4.79 Å². The molecule has 0 aliphatic heterocycles. The highest BCUT2D eigenvalue weighted by molar-refractivity contribution is 7.98. The smallest absolute Gasteiger partial charge is 0.235 e. The number of hydrogen-bond donors (Lipinski definition) is 3. The molecule has 6 heteroatoms. The van der Waals surface area contributed by atoms with Crippen LogP contribution >= 0.6 is 11.8 Å². The molecule has 2 unspecified atom stereocenters. The van der Waals surface area contributed by atoms with Gasteiger partial charge < -0.3 is 16.3 Å². The van der Waals surface area contributed by atoms with Gasteiger partial charge in [0.05, 0.1) is 0 Å². The summed E-state index contributed by atoms with van der Waals surface area (Å²) in [5.74, 6) is -0.331. The molecule has 0 spiro atoms. The van der Waals surface area contributed by atoms with Gasteiger partial charge in [-0.25, -0.2) is 0 Å². The molecular weight excluding hydrogens is 262 g/mol. The number of nitrogens with two attached hydrogens (primary N) is 1. The lowest BCUT2D eigenvalue weighted by molar-refractivity contribution is -0.121. The van der Waals surface area contributed by atoms with E-state index >= 15 is 0 Å². The molecule has 0 saturated carbocycles. The summed E-state index contributed by atoms with van der Waals surface area (Å²) >= 11 is 1.65. The molecule has 0 aliphatic carbocycles. The molecule has 0 heterocycles. The third-order valence-corrected chi connectivity index (χ3v) is 3.44. The highest BCUT2D eigenvalue weighted by Gasteiger charge is 2.26. The summed E-state index contributed by atoms with van der Waals surface area (Å²) in [7, 11) is 0. The maximum absolute atomic E-state index is 12.2. The van der Waals surface area contributed by atoms with Crippen LogP contribution < -0.4 is 11.1 Å². The van der Waals surface area contributed by atoms with Gasteiger partial charge in [0, 0.05) is 11.8 Å². The van der Waals surface area contributed by atoms with Crippen LogP contribution in [-0.4, -0.2) is 35.0 Å². The minimum absolute atomic E-state index is 0.0280. The number of amides is 1. The van der Waals surface area contributed by atoms with E-state index in [1.807, 2.05) is 31.4 Å². The molecule has 5 nitrogen and oxygen atoms in total. The Kier molecular flexibility index (Phi) is 6.21. The Morgan fingerprint density at radius 2 is 2.11 bits per heavy atom. The second kappa shape index (κ2) is 7.68. The summed E-state index contributed by atoms with van der Waals surface area (Å²) < 4.78 is 0. The number of oxime groups is 1. The average molecular weight is 281 g/mol. The molecule has 0 aromatic heterocycles. The van der Waals surface area contributed by atoms with Crippen LogP contribution in [0.1, 0.15) is 18.4 Å². The number of hydrogen-bond acceptors (Lipinski definition) is 4. The highest BCUT2D eigenvalue weighted by atomic mass is 32.2. The number of carbonyl (C=O) groups excluding carboxylic acids is 1. The normalized spacial score (nSPS) is 14.7. The lowest BCUT2D eigenvalue weighted by atomic mass is 9.97. The van der Waals surface area contributed by atoms with E-state index in [1.165, 1.54) is 0 Å². The topological polar surface area (TPSA) is 87.7 Å². The highest BCUT2D eigenvalue weighted by Crippen LogP contribution is 2.16. The average Bonchev–Trinajstić information content (AvgIpc) is 2.40. The number of amidine groups is 1. The van der Waals surface area contributed by atoms with Gasteiger partial charge in [-0.2, -0.15) is 11.8 Å². The maximum Gasteiger partial charge on any atom is 0.235 e. The third kappa shape index (κ3) is 4.48. The van der Waals surface area contributed by atoms with Crippen molar-refractivity contribution < 1.29 is 10.0 Å². The van der Waals surface area contributed by atoms with Gasteiger partial charge in [0.15, 0.2) is 5.84 Å². The first kappa shape index (κ1) is 15.4. The summed E-state index contributed by atoms with van der Waals surface area (Å²) in [4.78, 5) is 12.2. The second-order valence-electron chi connectivity index (χ2n) is 4.23. The van der Waals surface area contributed by atoms with Crippen LogP contribution in [0.15, 0.2) is 35.5 Å². The van der Waals surface area contributed by atoms with Crippen molar-refractivity contribution in [3.63, 3.8) is 0 Å². The molecule has 1 rings (SSSR count). The van der Waals surface area contributed by atoms with Crippen LogP contribution in [0.5, 0.6) is 0 Å². The lowest BCUT2D eigenvalue weighted by Gasteiger charge is -2.19. The fraction of sp³-hybridized carbons (Fsp3) is 0.385. The zero-order chi connectivity index (χ0) is 14.3. The van der Waals surface area contributed by atoms with Crippen LogP contribution in [0, 0.1) is 0 Å². The van der Waals surface area contributed by atoms with Gasteiger partial charge in [-0.3, -0.25) is 4.79 Å². The first-order valence-corrected chi connectivity index (χ1v) is 7.31. The molecule has 0 aliphatic rings. The Labute approximate surface area is 117 Å². The van der Waals surface area contributed by atoms with Gasteiger partial charge >= 0.3 is 0 Å². The SMILES string of the molecule is CSCC(C)NC(=O)C(/C(N)=N/O)c1ccccc1. The summed E-state index contributed by atoms with van der Waals surface area (Å²) in [6.07, 6.45) is 1.97. The summed E-state index contributed by atoms with van der Waals surface area (Å²) in [6, 6.07) is 9.06. The van der Waals surface area contributed by atoms with Crippen molar-refractivity contribution in [2.75, 3.05) is 12.0 Å². The largest absolute Gasteiger partial charge is 0.409 e. The zero-order valence-corrected chi connectivity index (χ0v) is 11.9. The number of thioether (sulfide) groups is 1. The van der Waals surface area contributed by atoms with E-state index < -0.39 is 5.92 Å². The molecule has 2 atom stereocenters. The van der Waals surface area contributed by atoms with Crippen molar-refractivity contribution in [1.82, 2.24) is 5.32 Å². The Bertz CT molecular complexity index is 437. The van der Waals surface area contributed by atoms with Crippen molar-refractivity contribution in [3.05, 3.63) is 35.9 Å². The molecule has 1 aromatic rings. The molecule has 0 bridgehead atoms. The number of carbonyl (C=O) groups is 1. The predicted molar refractivity (Wildman–Crippen MR) is 78.6 cm³/mol. The van der Waals surface area contributed by atoms with E-state index in [-0.39, 0.29) is 17.8 Å². The van der Waals surface area contributed by atoms with E-state index in [1.54, 1.807) is 23.9 Å². The number of rotatable bonds is 6. The van der Waals surface area contributed by atoms with Crippen molar-refractivity contribution >= 4 is 23.5 Å². The van der Waals surface area contributed by atoms with Crippen molar-refractivity contribution in [1.29, 1.82) is 0 Å². The first-order chi connectivity index (χ1) is 9.10. The van der Waals surface area contributed by atoms with Crippen molar-refractivity contribution in [2.24, 2.45) is 10.9 Å². The molecule has 1 amide bonds. The van der Waals surface area contributed by atoms with Gasteiger partial charge in [-0.1, -0.05) is 35.5 Å². The van der Waals surface area contributed by atoms with E-state index in [0.29, 0.717) is 5.56 Å². The van der Waals surface area contributed by atoms with Gasteiger partial charge in [-0.05, 0) is 18.7 Å². The van der Waals surface area contributed by atoms with Gasteiger partial charge in [0.1, 0.15) is 5.92 Å². The van der Waals surface area contributed by atoms with E-state index in [0.717, 1.165) is 5.75 Å². The van der Waals surface area contributed by atoms with E-state index in [9.17, 15) is 4.79 Å². The molecule has 19 heavy (non-hydrogen) atoms. The number of benzene rings is 1. The minimum atomic E-state index is -0.768. The van der Waals surface area contributed by atoms with Gasteiger partial charge in [0.2, 0.25) is 5.91 Å². The van der Waals surface area contributed by atoms with E-state index in [2.05, 4.69) is 10.5 Å². The third-order valence-electron chi connectivity index (χ3n) is 2.61. The molecular formula is C13H19N3O2S. The van der Waals surface area contributed by atoms with E-state index in [4.69, 9.17) is 10.9 Å². The predicted octanol–water partition coefficient (Wildman–Crippen LogP) is 1.38. The summed E-state index contributed by atoms with van der Waals surface area (Å²) in [6.45, 7) is 1.92. The molecule has 104 valence electrons. The molecule has 0 radical (unpaired) electrons. The second-order valence-corrected chi connectivity index (χ2v) is 5.14. The Morgan fingerprint density at radius 1 is 1.47 bits per heavy atom. The lowest BCUT2D eigenvalue weighted by Crippen LogP contribution is -2.42. The summed E-state index contributed by atoms with van der Waals surface area (Å²) in [5.41, 5.74) is 6.33. The number of nitrogens with zero attached hydrogens (tertiary/aromatic N) is 1. The van der Waals surface area contributed by atoms with Crippen LogP contribution in [0.25, 0.3) is 0 Å². The van der Waals surface area contributed by atoms with Crippen LogP contribution in [0.4, 0.5) is 0 Å². The molecule has 0 fully saturated rings. The Balaban J connectivity index is 2.90. The monoisotopic (exact) mass is 281 g/mol. The molecule has 0 saturated heterocycles. The van der Waals surface area contributed by atoms with Crippen molar-refractivity contribution in [2.45, 2.75) is 18.9 Å². The molecule has 1 aromatic carbocycles. The quantitative estimate of drug-likeness (QED) is 0.318. The maximum atomic E-state index is 12.2. The minimum Gasteiger partial charge on any atom is -0.409 e. The van der Waals surface area contributed by atoms with Gasteiger partial charge in [-0.15, -0.1) is 0 Å². The molecule has 4 N–H and O–H groups in total. The van der Waals surface area contributed by atoms with Gasteiger partial charge in [0.25, 0.3) is 0 Å².